The highest BCUT2D eigenvalue weighted by molar-refractivity contribution is 5.94. The molecule has 1 fully saturated rings. The van der Waals surface area contributed by atoms with Gasteiger partial charge in [0.05, 0.1) is 17.6 Å². The number of aryl methyl sites for hydroxylation is 1. The fraction of sp³-hybridized carbons (Fsp3) is 0.500. The zero-order valence-corrected chi connectivity index (χ0v) is 14.7. The Hall–Kier alpha value is -2.49. The van der Waals surface area contributed by atoms with Crippen LogP contribution in [0.25, 0.3) is 15.9 Å². The van der Waals surface area contributed by atoms with Crippen molar-refractivity contribution in [3.8, 4) is 0 Å². The fourth-order valence-electron chi connectivity index (χ4n) is 3.16. The predicted molar refractivity (Wildman–Crippen MR) is 92.0 cm³/mol. The maximum Gasteiger partial charge on any atom is 0.249 e. The van der Waals surface area contributed by atoms with E-state index in [4.69, 9.17) is 6.57 Å². The van der Waals surface area contributed by atoms with E-state index in [9.17, 15) is 13.6 Å². The van der Waals surface area contributed by atoms with Crippen LogP contribution in [0.15, 0.2) is 12.1 Å². The molecule has 1 amide bonds. The molecule has 0 unspecified atom stereocenters. The number of rotatable bonds is 2. The number of alkyl halides is 2. The molecule has 1 heterocycles. The number of halogens is 2. The first-order chi connectivity index (χ1) is 11.5. The Morgan fingerprint density at radius 2 is 2.04 bits per heavy atom. The molecule has 1 aliphatic rings. The third-order valence-corrected chi connectivity index (χ3v) is 4.46. The molecule has 1 saturated carbocycles. The van der Waals surface area contributed by atoms with E-state index in [1.807, 2.05) is 32.3 Å². The van der Waals surface area contributed by atoms with Gasteiger partial charge >= 0.3 is 0 Å². The first kappa shape index (κ1) is 17.3. The summed E-state index contributed by atoms with van der Waals surface area (Å²) in [4.78, 5) is 20.3. The summed E-state index contributed by atoms with van der Waals surface area (Å²) in [5, 5.41) is 2.71. The van der Waals surface area contributed by atoms with Gasteiger partial charge in [-0.1, -0.05) is 0 Å². The molecule has 0 aliphatic heterocycles. The summed E-state index contributed by atoms with van der Waals surface area (Å²) in [5.41, 5.74) is 2.31. The zero-order valence-electron chi connectivity index (χ0n) is 14.7. The number of hydrogen-bond acceptors (Lipinski definition) is 2. The number of nitrogens with zero attached hydrogens (tertiary/aromatic N) is 3. The average Bonchev–Trinajstić information content (AvgIpc) is 2.80. The molecule has 132 valence electrons. The first-order valence-electron chi connectivity index (χ1n) is 8.11. The summed E-state index contributed by atoms with van der Waals surface area (Å²) in [7, 11) is 0. The molecule has 3 rings (SSSR count). The molecule has 0 saturated heterocycles. The van der Waals surface area contributed by atoms with Crippen molar-refractivity contribution < 1.29 is 13.6 Å². The van der Waals surface area contributed by atoms with Crippen molar-refractivity contribution in [1.82, 2.24) is 9.55 Å². The Labute approximate surface area is 144 Å². The Morgan fingerprint density at radius 1 is 1.40 bits per heavy atom. The molecular weight excluding hydrogens is 326 g/mol. The van der Waals surface area contributed by atoms with Gasteiger partial charge in [0.15, 0.2) is 5.69 Å². The van der Waals surface area contributed by atoms with Crippen LogP contribution in [0.5, 0.6) is 0 Å². The molecule has 25 heavy (non-hydrogen) atoms. The minimum atomic E-state index is -2.74. The number of anilines is 1. The zero-order chi connectivity index (χ0) is 18.6. The molecule has 0 spiro atoms. The lowest BCUT2D eigenvalue weighted by Gasteiger charge is -2.34. The van der Waals surface area contributed by atoms with Crippen LogP contribution in [0.3, 0.4) is 0 Å². The number of carbonyl (C=O) groups is 1. The smallest absolute Gasteiger partial charge is 0.249 e. The lowest BCUT2D eigenvalue weighted by Crippen LogP contribution is -2.43. The number of nitrogens with one attached hydrogen (secondary N) is 1. The van der Waals surface area contributed by atoms with Crippen LogP contribution in [-0.2, 0) is 10.3 Å². The van der Waals surface area contributed by atoms with E-state index in [1.54, 1.807) is 12.1 Å². The maximum atomic E-state index is 13.0. The van der Waals surface area contributed by atoms with Gasteiger partial charge in [-0.25, -0.2) is 18.6 Å². The van der Waals surface area contributed by atoms with E-state index >= 15 is 0 Å². The van der Waals surface area contributed by atoms with Gasteiger partial charge in [0.25, 0.3) is 0 Å². The third-order valence-electron chi connectivity index (χ3n) is 4.46. The normalized spacial score (nSPS) is 17.2. The summed E-state index contributed by atoms with van der Waals surface area (Å²) in [5.74, 6) is -3.55. The molecule has 1 aliphatic carbocycles. The highest BCUT2D eigenvalue weighted by Gasteiger charge is 2.49. The Balaban J connectivity index is 2.03. The second-order valence-electron chi connectivity index (χ2n) is 7.63. The van der Waals surface area contributed by atoms with Gasteiger partial charge in [-0.3, -0.25) is 10.1 Å². The Bertz CT molecular complexity index is 894. The summed E-state index contributed by atoms with van der Waals surface area (Å²) in [6.07, 6.45) is -0.842. The summed E-state index contributed by atoms with van der Waals surface area (Å²) >= 11 is 0. The van der Waals surface area contributed by atoms with E-state index < -0.39 is 36.1 Å². The topological polar surface area (TPSA) is 51.3 Å². The van der Waals surface area contributed by atoms with E-state index in [0.29, 0.717) is 17.2 Å². The van der Waals surface area contributed by atoms with Crippen molar-refractivity contribution in [3.05, 3.63) is 29.1 Å². The fourth-order valence-corrected chi connectivity index (χ4v) is 3.16. The van der Waals surface area contributed by atoms with Gasteiger partial charge in [-0.05, 0) is 45.4 Å². The van der Waals surface area contributed by atoms with Gasteiger partial charge in [0.1, 0.15) is 0 Å². The van der Waals surface area contributed by atoms with Crippen LogP contribution >= 0.6 is 0 Å². The highest BCUT2D eigenvalue weighted by Crippen LogP contribution is 2.43. The highest BCUT2D eigenvalue weighted by atomic mass is 19.3. The van der Waals surface area contributed by atoms with Crippen LogP contribution in [-0.4, -0.2) is 21.4 Å². The molecule has 1 aromatic heterocycles. The molecule has 1 aromatic carbocycles. The lowest BCUT2D eigenvalue weighted by molar-refractivity contribution is -0.145. The molecule has 1 N–H and O–H groups in total. The van der Waals surface area contributed by atoms with Crippen molar-refractivity contribution in [3.63, 3.8) is 0 Å². The van der Waals surface area contributed by atoms with Crippen LogP contribution in [0, 0.1) is 19.4 Å². The molecule has 5 nitrogen and oxygen atoms in total. The van der Waals surface area contributed by atoms with Gasteiger partial charge in [-0.15, -0.1) is 0 Å². The maximum absolute atomic E-state index is 13.0. The van der Waals surface area contributed by atoms with E-state index in [0.717, 1.165) is 11.1 Å². The van der Waals surface area contributed by atoms with Crippen molar-refractivity contribution in [2.45, 2.75) is 52.0 Å². The lowest BCUT2D eigenvalue weighted by atomic mass is 9.81. The monoisotopic (exact) mass is 346 g/mol. The Kier molecular flexibility index (Phi) is 3.82. The van der Waals surface area contributed by atoms with Gasteiger partial charge in [-0.2, -0.15) is 0 Å². The van der Waals surface area contributed by atoms with E-state index in [1.165, 1.54) is 0 Å². The van der Waals surface area contributed by atoms with Crippen molar-refractivity contribution in [1.29, 1.82) is 0 Å². The predicted octanol–water partition coefficient (Wildman–Crippen LogP) is 4.63. The molecule has 0 bridgehead atoms. The van der Waals surface area contributed by atoms with Crippen molar-refractivity contribution >= 4 is 28.6 Å². The van der Waals surface area contributed by atoms with Crippen LogP contribution < -0.4 is 5.32 Å². The van der Waals surface area contributed by atoms with Crippen molar-refractivity contribution in [2.75, 3.05) is 5.32 Å². The summed E-state index contributed by atoms with van der Waals surface area (Å²) in [6, 6.07) is 3.56. The Morgan fingerprint density at radius 3 is 2.56 bits per heavy atom. The van der Waals surface area contributed by atoms with Crippen LogP contribution in [0.1, 0.15) is 39.2 Å². The number of amides is 1. The van der Waals surface area contributed by atoms with E-state index in [-0.39, 0.29) is 0 Å². The number of aromatic nitrogens is 2. The number of benzene rings is 1. The van der Waals surface area contributed by atoms with Crippen LogP contribution in [0.4, 0.5) is 20.4 Å². The first-order valence-corrected chi connectivity index (χ1v) is 8.11. The van der Waals surface area contributed by atoms with Gasteiger partial charge in [0.2, 0.25) is 17.8 Å². The molecular formula is C18H20F2N4O. The van der Waals surface area contributed by atoms with E-state index in [2.05, 4.69) is 15.1 Å². The van der Waals surface area contributed by atoms with Crippen molar-refractivity contribution in [2.24, 2.45) is 5.92 Å². The van der Waals surface area contributed by atoms with Crippen LogP contribution in [0.2, 0.25) is 0 Å². The van der Waals surface area contributed by atoms with Gasteiger partial charge in [0, 0.05) is 24.3 Å². The van der Waals surface area contributed by atoms with Gasteiger partial charge < -0.3 is 4.57 Å². The summed E-state index contributed by atoms with van der Waals surface area (Å²) in [6.45, 7) is 15.0. The molecule has 0 atom stereocenters. The second kappa shape index (κ2) is 5.51. The quantitative estimate of drug-likeness (QED) is 0.806. The number of hydrogen-bond donors (Lipinski definition) is 1. The molecule has 7 heteroatoms. The molecule has 0 radical (unpaired) electrons. The molecule has 2 aromatic rings. The second-order valence-corrected chi connectivity index (χ2v) is 7.63. The summed E-state index contributed by atoms with van der Waals surface area (Å²) < 4.78 is 27.9. The number of fused-ring (bicyclic) bond motifs is 1. The standard InChI is InChI=1S/C18H20F2N4O/c1-10-6-13-14(7-12(10)21-5)24(17(2,3)4)16(22-13)23-15(25)11-8-18(19,20)9-11/h6-7,11H,8-9H2,1-4H3,(H,22,23,25). The minimum Gasteiger partial charge on any atom is -0.306 e. The largest absolute Gasteiger partial charge is 0.306 e. The third kappa shape index (κ3) is 3.09. The number of carbonyl (C=O) groups excluding carboxylic acids is 1. The average molecular weight is 346 g/mol. The number of imidazole rings is 1. The SMILES string of the molecule is [C-]#[N+]c1cc2c(cc1C)nc(NC(=O)C1CC(F)(F)C1)n2C(C)(C)C. The minimum absolute atomic E-state index is 0.323.